The summed E-state index contributed by atoms with van der Waals surface area (Å²) in [5.74, 6) is 1.53. The van der Waals surface area contributed by atoms with E-state index in [0.717, 1.165) is 25.1 Å². The van der Waals surface area contributed by atoms with Crippen molar-refractivity contribution in [3.05, 3.63) is 36.2 Å². The Labute approximate surface area is 124 Å². The first kappa shape index (κ1) is 14.2. The standard InChI is InChI=1S/C16H21N3O2/c1-11(19-9-8-14(10-19)12(2)20)15-17-18-16(21-15)13-6-4-3-5-7-13/h3-7,11-12,14,20H,8-10H2,1-2H3. The fraction of sp³-hybridized carbons (Fsp3) is 0.500. The third-order valence-electron chi connectivity index (χ3n) is 4.30. The highest BCUT2D eigenvalue weighted by Gasteiger charge is 2.31. The van der Waals surface area contributed by atoms with Crippen LogP contribution in [0.1, 0.15) is 32.2 Å². The van der Waals surface area contributed by atoms with Crippen molar-refractivity contribution < 1.29 is 9.52 Å². The van der Waals surface area contributed by atoms with E-state index in [-0.39, 0.29) is 12.1 Å². The number of hydrogen-bond donors (Lipinski definition) is 1. The van der Waals surface area contributed by atoms with Gasteiger partial charge in [0.05, 0.1) is 12.1 Å². The summed E-state index contributed by atoms with van der Waals surface area (Å²) in [7, 11) is 0. The predicted molar refractivity (Wildman–Crippen MR) is 79.5 cm³/mol. The zero-order valence-electron chi connectivity index (χ0n) is 12.4. The largest absolute Gasteiger partial charge is 0.419 e. The van der Waals surface area contributed by atoms with Gasteiger partial charge in [0.2, 0.25) is 11.8 Å². The van der Waals surface area contributed by atoms with E-state index in [9.17, 15) is 5.11 Å². The average Bonchev–Trinajstić information content (AvgIpc) is 3.17. The van der Waals surface area contributed by atoms with Crippen LogP contribution in [0.15, 0.2) is 34.7 Å². The molecule has 5 heteroatoms. The number of nitrogens with zero attached hydrogens (tertiary/aromatic N) is 3. The molecule has 1 fully saturated rings. The molecule has 1 N–H and O–H groups in total. The minimum absolute atomic E-state index is 0.0821. The summed E-state index contributed by atoms with van der Waals surface area (Å²) in [4.78, 5) is 2.29. The highest BCUT2D eigenvalue weighted by Crippen LogP contribution is 2.29. The minimum Gasteiger partial charge on any atom is -0.419 e. The van der Waals surface area contributed by atoms with Crippen LogP contribution >= 0.6 is 0 Å². The smallest absolute Gasteiger partial charge is 0.247 e. The summed E-state index contributed by atoms with van der Waals surface area (Å²) >= 11 is 0. The summed E-state index contributed by atoms with van der Waals surface area (Å²) in [5.41, 5.74) is 0.937. The molecule has 5 nitrogen and oxygen atoms in total. The lowest BCUT2D eigenvalue weighted by molar-refractivity contribution is 0.120. The lowest BCUT2D eigenvalue weighted by atomic mass is 10.0. The summed E-state index contributed by atoms with van der Waals surface area (Å²) in [6.07, 6.45) is 0.756. The van der Waals surface area contributed by atoms with Gasteiger partial charge in [0.25, 0.3) is 0 Å². The molecule has 112 valence electrons. The lowest BCUT2D eigenvalue weighted by Crippen LogP contribution is -2.27. The SMILES string of the molecule is CC(O)C1CCN(C(C)c2nnc(-c3ccccc3)o2)C1. The van der Waals surface area contributed by atoms with Gasteiger partial charge in [-0.05, 0) is 44.9 Å². The molecular formula is C16H21N3O2. The van der Waals surface area contributed by atoms with Gasteiger partial charge in [0, 0.05) is 12.1 Å². The maximum Gasteiger partial charge on any atom is 0.247 e. The number of aliphatic hydroxyl groups is 1. The second kappa shape index (κ2) is 5.95. The monoisotopic (exact) mass is 287 g/mol. The van der Waals surface area contributed by atoms with E-state index in [1.54, 1.807) is 0 Å². The Bertz CT molecular complexity index is 582. The first-order valence-electron chi connectivity index (χ1n) is 7.46. The van der Waals surface area contributed by atoms with Crippen LogP contribution in [0.3, 0.4) is 0 Å². The zero-order chi connectivity index (χ0) is 14.8. The van der Waals surface area contributed by atoms with Gasteiger partial charge in [-0.3, -0.25) is 4.90 Å². The molecule has 2 heterocycles. The Morgan fingerprint density at radius 1 is 1.24 bits per heavy atom. The summed E-state index contributed by atoms with van der Waals surface area (Å²) in [5, 5.41) is 18.0. The Morgan fingerprint density at radius 2 is 2.00 bits per heavy atom. The molecule has 0 radical (unpaired) electrons. The lowest BCUT2D eigenvalue weighted by Gasteiger charge is -2.21. The second-order valence-corrected chi connectivity index (χ2v) is 5.77. The maximum atomic E-state index is 9.70. The van der Waals surface area contributed by atoms with Gasteiger partial charge in [0.1, 0.15) is 0 Å². The van der Waals surface area contributed by atoms with Gasteiger partial charge < -0.3 is 9.52 Å². The van der Waals surface area contributed by atoms with E-state index < -0.39 is 0 Å². The number of likely N-dealkylation sites (tertiary alicyclic amines) is 1. The van der Waals surface area contributed by atoms with Crippen molar-refractivity contribution in [2.45, 2.75) is 32.4 Å². The predicted octanol–water partition coefficient (Wildman–Crippen LogP) is 2.50. The molecule has 0 amide bonds. The summed E-state index contributed by atoms with van der Waals surface area (Å²) < 4.78 is 5.81. The number of aliphatic hydroxyl groups excluding tert-OH is 1. The topological polar surface area (TPSA) is 62.4 Å². The van der Waals surface area contributed by atoms with E-state index in [0.29, 0.717) is 17.7 Å². The molecule has 0 saturated carbocycles. The van der Waals surface area contributed by atoms with Crippen LogP contribution in [-0.4, -0.2) is 39.4 Å². The quantitative estimate of drug-likeness (QED) is 0.936. The molecule has 1 aromatic heterocycles. The fourth-order valence-electron chi connectivity index (χ4n) is 2.82. The second-order valence-electron chi connectivity index (χ2n) is 5.77. The van der Waals surface area contributed by atoms with E-state index in [4.69, 9.17) is 4.42 Å². The van der Waals surface area contributed by atoms with Crippen LogP contribution in [0.5, 0.6) is 0 Å². The van der Waals surface area contributed by atoms with Gasteiger partial charge in [0.15, 0.2) is 0 Å². The molecule has 3 unspecified atom stereocenters. The van der Waals surface area contributed by atoms with E-state index in [1.165, 1.54) is 0 Å². The van der Waals surface area contributed by atoms with Gasteiger partial charge in [-0.2, -0.15) is 0 Å². The van der Waals surface area contributed by atoms with E-state index in [1.807, 2.05) is 37.3 Å². The number of benzene rings is 1. The van der Waals surface area contributed by atoms with Crippen molar-refractivity contribution in [2.75, 3.05) is 13.1 Å². The molecule has 1 aliphatic heterocycles. The molecule has 21 heavy (non-hydrogen) atoms. The molecule has 1 aromatic carbocycles. The minimum atomic E-state index is -0.259. The van der Waals surface area contributed by atoms with Crippen LogP contribution in [0.4, 0.5) is 0 Å². The number of hydrogen-bond acceptors (Lipinski definition) is 5. The summed E-state index contributed by atoms with van der Waals surface area (Å²) in [6.45, 7) is 5.77. The first-order valence-corrected chi connectivity index (χ1v) is 7.46. The fourth-order valence-corrected chi connectivity index (χ4v) is 2.82. The van der Waals surface area contributed by atoms with Crippen LogP contribution in [0.2, 0.25) is 0 Å². The van der Waals surface area contributed by atoms with E-state index >= 15 is 0 Å². The molecule has 2 aromatic rings. The van der Waals surface area contributed by atoms with Gasteiger partial charge in [-0.1, -0.05) is 18.2 Å². The van der Waals surface area contributed by atoms with E-state index in [2.05, 4.69) is 22.0 Å². The molecular weight excluding hydrogens is 266 g/mol. The third kappa shape index (κ3) is 2.99. The average molecular weight is 287 g/mol. The normalized spacial score (nSPS) is 22.3. The first-order chi connectivity index (χ1) is 10.1. The molecule has 3 atom stereocenters. The van der Waals surface area contributed by atoms with Crippen molar-refractivity contribution in [3.8, 4) is 11.5 Å². The van der Waals surface area contributed by atoms with Gasteiger partial charge >= 0.3 is 0 Å². The zero-order valence-corrected chi connectivity index (χ0v) is 12.4. The van der Waals surface area contributed by atoms with Crippen molar-refractivity contribution in [1.29, 1.82) is 0 Å². The molecule has 0 spiro atoms. The summed E-state index contributed by atoms with van der Waals surface area (Å²) in [6, 6.07) is 9.87. The van der Waals surface area contributed by atoms with Crippen LogP contribution < -0.4 is 0 Å². The van der Waals surface area contributed by atoms with Gasteiger partial charge in [-0.25, -0.2) is 0 Å². The number of rotatable bonds is 4. The molecule has 3 rings (SSSR count). The van der Waals surface area contributed by atoms with Crippen molar-refractivity contribution in [1.82, 2.24) is 15.1 Å². The van der Waals surface area contributed by atoms with Crippen LogP contribution in [0.25, 0.3) is 11.5 Å². The Hall–Kier alpha value is -1.72. The third-order valence-corrected chi connectivity index (χ3v) is 4.30. The highest BCUT2D eigenvalue weighted by atomic mass is 16.4. The molecule has 0 aliphatic carbocycles. The van der Waals surface area contributed by atoms with Crippen molar-refractivity contribution >= 4 is 0 Å². The molecule has 1 saturated heterocycles. The molecule has 1 aliphatic rings. The van der Waals surface area contributed by atoms with Crippen LogP contribution in [0, 0.1) is 5.92 Å². The Morgan fingerprint density at radius 3 is 2.67 bits per heavy atom. The van der Waals surface area contributed by atoms with Gasteiger partial charge in [-0.15, -0.1) is 10.2 Å². The highest BCUT2D eigenvalue weighted by molar-refractivity contribution is 5.51. The van der Waals surface area contributed by atoms with Crippen molar-refractivity contribution in [3.63, 3.8) is 0 Å². The van der Waals surface area contributed by atoms with Crippen molar-refractivity contribution in [2.24, 2.45) is 5.92 Å². The van der Waals surface area contributed by atoms with Crippen LogP contribution in [-0.2, 0) is 0 Å². The maximum absolute atomic E-state index is 9.70. The Balaban J connectivity index is 1.72. The Kier molecular flexibility index (Phi) is 4.03. The molecule has 0 bridgehead atoms. The number of aromatic nitrogens is 2.